The first-order valence-electron chi connectivity index (χ1n) is 6.30. The van der Waals surface area contributed by atoms with Crippen molar-refractivity contribution in [1.82, 2.24) is 10.2 Å². The van der Waals surface area contributed by atoms with Gasteiger partial charge < -0.3 is 15.0 Å². The summed E-state index contributed by atoms with van der Waals surface area (Å²) >= 11 is 0. The Morgan fingerprint density at radius 1 is 1.56 bits per heavy atom. The van der Waals surface area contributed by atoms with Crippen LogP contribution in [0.4, 0.5) is 0 Å². The number of nitrogens with one attached hydrogen (secondary N) is 1. The van der Waals surface area contributed by atoms with E-state index in [4.69, 9.17) is 4.74 Å². The van der Waals surface area contributed by atoms with Crippen LogP contribution in [0, 0.1) is 0 Å². The highest BCUT2D eigenvalue weighted by Crippen LogP contribution is 2.16. The van der Waals surface area contributed by atoms with E-state index in [2.05, 4.69) is 5.32 Å². The fourth-order valence-corrected chi connectivity index (χ4v) is 1.83. The number of ether oxygens (including phenoxy) is 1. The predicted octanol–water partition coefficient (Wildman–Crippen LogP) is 1.01. The third-order valence-electron chi connectivity index (χ3n) is 3.08. The van der Waals surface area contributed by atoms with E-state index in [0.717, 1.165) is 32.5 Å². The van der Waals surface area contributed by atoms with E-state index in [1.807, 2.05) is 14.0 Å². The maximum absolute atomic E-state index is 11.4. The van der Waals surface area contributed by atoms with E-state index in [1.165, 1.54) is 12.8 Å². The van der Waals surface area contributed by atoms with Gasteiger partial charge in [0.25, 0.3) is 0 Å². The van der Waals surface area contributed by atoms with Gasteiger partial charge in [-0.3, -0.25) is 4.79 Å². The van der Waals surface area contributed by atoms with Crippen molar-refractivity contribution >= 4 is 5.91 Å². The molecular formula is C12H24N2O2. The molecule has 1 rings (SSSR count). The Labute approximate surface area is 98.3 Å². The minimum absolute atomic E-state index is 0.166. The molecule has 0 radical (unpaired) electrons. The Morgan fingerprint density at radius 3 is 3.00 bits per heavy atom. The lowest BCUT2D eigenvalue weighted by molar-refractivity contribution is -0.128. The number of carbonyl (C=O) groups is 1. The number of amides is 1. The van der Waals surface area contributed by atoms with Crippen LogP contribution in [-0.4, -0.2) is 50.2 Å². The van der Waals surface area contributed by atoms with Gasteiger partial charge in [0.15, 0.2) is 0 Å². The number of rotatable bonds is 7. The summed E-state index contributed by atoms with van der Waals surface area (Å²) in [5, 5.41) is 3.18. The topological polar surface area (TPSA) is 41.6 Å². The minimum Gasteiger partial charge on any atom is -0.378 e. The summed E-state index contributed by atoms with van der Waals surface area (Å²) in [4.78, 5) is 13.2. The van der Waals surface area contributed by atoms with Crippen LogP contribution in [-0.2, 0) is 9.53 Å². The largest absolute Gasteiger partial charge is 0.378 e. The average molecular weight is 228 g/mol. The van der Waals surface area contributed by atoms with Crippen LogP contribution in [0.15, 0.2) is 0 Å². The lowest BCUT2D eigenvalue weighted by Gasteiger charge is -2.15. The summed E-state index contributed by atoms with van der Waals surface area (Å²) in [6.45, 7) is 5.04. The molecule has 16 heavy (non-hydrogen) atoms. The number of nitrogens with zero attached hydrogens (tertiary/aromatic N) is 1. The van der Waals surface area contributed by atoms with Crippen LogP contribution in [0.2, 0.25) is 0 Å². The van der Waals surface area contributed by atoms with Crippen LogP contribution in [0.25, 0.3) is 0 Å². The molecule has 1 amide bonds. The minimum atomic E-state index is 0.166. The smallest absolute Gasteiger partial charge is 0.236 e. The lowest BCUT2D eigenvalue weighted by atomic mass is 10.1. The van der Waals surface area contributed by atoms with E-state index < -0.39 is 0 Å². The van der Waals surface area contributed by atoms with Crippen LogP contribution >= 0.6 is 0 Å². The molecule has 1 N–H and O–H groups in total. The molecule has 1 unspecified atom stereocenters. The Hall–Kier alpha value is -0.610. The second-order valence-electron chi connectivity index (χ2n) is 4.36. The Bertz CT molecular complexity index is 203. The van der Waals surface area contributed by atoms with Gasteiger partial charge in [-0.2, -0.15) is 0 Å². The third-order valence-corrected chi connectivity index (χ3v) is 3.08. The molecule has 0 aromatic carbocycles. The molecule has 0 aliphatic carbocycles. The maximum Gasteiger partial charge on any atom is 0.236 e. The average Bonchev–Trinajstić information content (AvgIpc) is 2.80. The lowest BCUT2D eigenvalue weighted by Crippen LogP contribution is -2.35. The highest BCUT2D eigenvalue weighted by molar-refractivity contribution is 5.77. The summed E-state index contributed by atoms with van der Waals surface area (Å²) < 4.78 is 5.53. The number of hydrogen-bond acceptors (Lipinski definition) is 3. The number of hydrogen-bond donors (Lipinski definition) is 1. The third kappa shape index (κ3) is 4.94. The number of carbonyl (C=O) groups excluding carboxylic acids is 1. The van der Waals surface area contributed by atoms with Gasteiger partial charge in [0.1, 0.15) is 0 Å². The first-order valence-corrected chi connectivity index (χ1v) is 6.30. The van der Waals surface area contributed by atoms with Crippen molar-refractivity contribution in [3.05, 3.63) is 0 Å². The summed E-state index contributed by atoms with van der Waals surface area (Å²) in [6.07, 6.45) is 5.09. The van der Waals surface area contributed by atoms with Crippen molar-refractivity contribution in [2.45, 2.75) is 38.7 Å². The molecule has 94 valence electrons. The molecule has 0 bridgehead atoms. The zero-order valence-electron chi connectivity index (χ0n) is 10.5. The van der Waals surface area contributed by atoms with Crippen LogP contribution < -0.4 is 5.32 Å². The molecule has 0 saturated carbocycles. The molecule has 1 saturated heterocycles. The van der Waals surface area contributed by atoms with Gasteiger partial charge in [0, 0.05) is 20.2 Å². The Balaban J connectivity index is 1.93. The second-order valence-corrected chi connectivity index (χ2v) is 4.36. The first kappa shape index (κ1) is 13.5. The summed E-state index contributed by atoms with van der Waals surface area (Å²) in [7, 11) is 1.83. The molecule has 4 heteroatoms. The van der Waals surface area contributed by atoms with Crippen molar-refractivity contribution < 1.29 is 9.53 Å². The summed E-state index contributed by atoms with van der Waals surface area (Å²) in [5.74, 6) is 0.166. The fraction of sp³-hybridized carbons (Fsp3) is 0.917. The van der Waals surface area contributed by atoms with E-state index in [-0.39, 0.29) is 5.91 Å². The van der Waals surface area contributed by atoms with Crippen molar-refractivity contribution in [3.63, 3.8) is 0 Å². The molecule has 0 aromatic heterocycles. The van der Waals surface area contributed by atoms with Gasteiger partial charge in [-0.1, -0.05) is 0 Å². The molecule has 4 nitrogen and oxygen atoms in total. The van der Waals surface area contributed by atoms with Crippen molar-refractivity contribution in [1.29, 1.82) is 0 Å². The number of likely N-dealkylation sites (N-methyl/N-ethyl adjacent to an activating group) is 1. The van der Waals surface area contributed by atoms with Crippen molar-refractivity contribution in [3.8, 4) is 0 Å². The normalized spacial score (nSPS) is 20.0. The maximum atomic E-state index is 11.4. The predicted molar refractivity (Wildman–Crippen MR) is 64.4 cm³/mol. The molecule has 1 atom stereocenters. The highest BCUT2D eigenvalue weighted by Gasteiger charge is 2.14. The zero-order valence-corrected chi connectivity index (χ0v) is 10.5. The molecule has 0 spiro atoms. The van der Waals surface area contributed by atoms with E-state index in [1.54, 1.807) is 4.90 Å². The second kappa shape index (κ2) is 7.63. The molecule has 1 aliphatic rings. The van der Waals surface area contributed by atoms with Gasteiger partial charge in [-0.05, 0) is 39.2 Å². The fourth-order valence-electron chi connectivity index (χ4n) is 1.83. The molecule has 1 fully saturated rings. The molecular weight excluding hydrogens is 204 g/mol. The monoisotopic (exact) mass is 228 g/mol. The van der Waals surface area contributed by atoms with Gasteiger partial charge in [-0.25, -0.2) is 0 Å². The highest BCUT2D eigenvalue weighted by atomic mass is 16.5. The van der Waals surface area contributed by atoms with E-state index >= 15 is 0 Å². The first-order chi connectivity index (χ1) is 7.74. The van der Waals surface area contributed by atoms with Crippen LogP contribution in [0.1, 0.15) is 32.6 Å². The van der Waals surface area contributed by atoms with Gasteiger partial charge >= 0.3 is 0 Å². The Morgan fingerprint density at radius 2 is 2.38 bits per heavy atom. The van der Waals surface area contributed by atoms with E-state index in [9.17, 15) is 4.79 Å². The summed E-state index contributed by atoms with van der Waals surface area (Å²) in [6, 6.07) is 0. The van der Waals surface area contributed by atoms with Crippen molar-refractivity contribution in [2.75, 3.05) is 33.3 Å². The van der Waals surface area contributed by atoms with Crippen LogP contribution in [0.3, 0.4) is 0 Å². The standard InChI is InChI=1S/C12H24N2O2/c1-3-14(2)12(15)10-13-8-4-6-11-7-5-9-16-11/h11,13H,3-10H2,1-2H3. The van der Waals surface area contributed by atoms with Crippen LogP contribution in [0.5, 0.6) is 0 Å². The Kier molecular flexibility index (Phi) is 6.42. The van der Waals surface area contributed by atoms with Crippen molar-refractivity contribution in [2.24, 2.45) is 0 Å². The van der Waals surface area contributed by atoms with E-state index in [0.29, 0.717) is 12.6 Å². The molecule has 1 heterocycles. The summed E-state index contributed by atoms with van der Waals surface area (Å²) in [5.41, 5.74) is 0. The zero-order chi connectivity index (χ0) is 11.8. The quantitative estimate of drug-likeness (QED) is 0.661. The van der Waals surface area contributed by atoms with Gasteiger partial charge in [-0.15, -0.1) is 0 Å². The van der Waals surface area contributed by atoms with Gasteiger partial charge in [0.2, 0.25) is 5.91 Å². The SMILES string of the molecule is CCN(C)C(=O)CNCCCC1CCCO1. The molecule has 0 aromatic rings. The molecule has 1 aliphatic heterocycles. The van der Waals surface area contributed by atoms with Gasteiger partial charge in [0.05, 0.1) is 12.6 Å².